The average Bonchev–Trinajstić information content (AvgIpc) is 2.41. The number of carbonyl (C=O) groups is 1. The van der Waals surface area contributed by atoms with E-state index >= 15 is 0 Å². The molecule has 2 aliphatic rings. The van der Waals surface area contributed by atoms with Gasteiger partial charge in [-0.25, -0.2) is 0 Å². The first kappa shape index (κ1) is 14.0. The molecule has 0 aromatic heterocycles. The summed E-state index contributed by atoms with van der Waals surface area (Å²) in [6.45, 7) is 5.01. The van der Waals surface area contributed by atoms with Crippen LogP contribution in [0.15, 0.2) is 0 Å². The van der Waals surface area contributed by atoms with E-state index in [4.69, 9.17) is 4.74 Å². The van der Waals surface area contributed by atoms with Gasteiger partial charge in [0.1, 0.15) is 6.61 Å². The second kappa shape index (κ2) is 6.70. The third-order valence-electron chi connectivity index (χ3n) is 5.07. The summed E-state index contributed by atoms with van der Waals surface area (Å²) >= 11 is 0. The Hall–Kier alpha value is -0.370. The highest BCUT2D eigenvalue weighted by atomic mass is 16.5. The molecule has 18 heavy (non-hydrogen) atoms. The predicted molar refractivity (Wildman–Crippen MR) is 73.5 cm³/mol. The summed E-state index contributed by atoms with van der Waals surface area (Å²) < 4.78 is 5.87. The number of hydrogen-bond acceptors (Lipinski definition) is 2. The zero-order valence-corrected chi connectivity index (χ0v) is 12.0. The molecule has 0 aromatic carbocycles. The minimum Gasteiger partial charge on any atom is -0.370 e. The lowest BCUT2D eigenvalue weighted by Crippen LogP contribution is -2.30. The maximum Gasteiger partial charge on any atom is 0.161 e. The van der Waals surface area contributed by atoms with Gasteiger partial charge < -0.3 is 4.74 Å². The van der Waals surface area contributed by atoms with E-state index in [2.05, 4.69) is 13.8 Å². The lowest BCUT2D eigenvalue weighted by atomic mass is 9.80. The van der Waals surface area contributed by atoms with Crippen LogP contribution in [0.2, 0.25) is 0 Å². The van der Waals surface area contributed by atoms with Crippen molar-refractivity contribution in [3.05, 3.63) is 0 Å². The molecule has 0 aliphatic heterocycles. The highest BCUT2D eigenvalue weighted by molar-refractivity contribution is 5.82. The molecular formula is C16H28O2. The van der Waals surface area contributed by atoms with Crippen LogP contribution in [-0.4, -0.2) is 18.5 Å². The fourth-order valence-electron chi connectivity index (χ4n) is 3.39. The minimum atomic E-state index is 0.304. The van der Waals surface area contributed by atoms with Crippen molar-refractivity contribution >= 4 is 5.78 Å². The molecule has 0 saturated heterocycles. The summed E-state index contributed by atoms with van der Waals surface area (Å²) in [4.78, 5) is 12.1. The van der Waals surface area contributed by atoms with Crippen LogP contribution in [0.25, 0.3) is 0 Å². The number of ketones is 1. The van der Waals surface area contributed by atoms with Crippen LogP contribution < -0.4 is 0 Å². The van der Waals surface area contributed by atoms with Crippen molar-refractivity contribution in [2.45, 2.75) is 71.3 Å². The molecule has 2 nitrogen and oxygen atoms in total. The average molecular weight is 252 g/mol. The maximum atomic E-state index is 12.1. The molecule has 2 fully saturated rings. The molecule has 3 atom stereocenters. The van der Waals surface area contributed by atoms with Gasteiger partial charge in [0.05, 0.1) is 6.10 Å². The molecule has 0 amide bonds. The Balaban J connectivity index is 1.69. The summed E-state index contributed by atoms with van der Waals surface area (Å²) in [5.41, 5.74) is 0. The lowest BCUT2D eigenvalue weighted by Gasteiger charge is -2.32. The first-order valence-electron chi connectivity index (χ1n) is 7.81. The van der Waals surface area contributed by atoms with E-state index in [1.54, 1.807) is 0 Å². The van der Waals surface area contributed by atoms with Crippen molar-refractivity contribution in [2.75, 3.05) is 6.61 Å². The van der Waals surface area contributed by atoms with Gasteiger partial charge in [-0.15, -0.1) is 0 Å². The topological polar surface area (TPSA) is 26.3 Å². The van der Waals surface area contributed by atoms with Crippen LogP contribution in [0, 0.1) is 17.8 Å². The fourth-order valence-corrected chi connectivity index (χ4v) is 3.39. The number of Topliss-reactive ketones (excluding diaryl/α,β-unsaturated/α-hetero) is 1. The third-order valence-corrected chi connectivity index (χ3v) is 5.07. The van der Waals surface area contributed by atoms with Crippen LogP contribution in [0.1, 0.15) is 65.2 Å². The number of hydrogen-bond donors (Lipinski definition) is 0. The summed E-state index contributed by atoms with van der Waals surface area (Å²) in [5.74, 6) is 2.23. The summed E-state index contributed by atoms with van der Waals surface area (Å²) in [6, 6.07) is 0. The van der Waals surface area contributed by atoms with E-state index in [0.717, 1.165) is 37.5 Å². The molecule has 2 heteroatoms. The van der Waals surface area contributed by atoms with Gasteiger partial charge >= 0.3 is 0 Å². The quantitative estimate of drug-likeness (QED) is 0.756. The van der Waals surface area contributed by atoms with Gasteiger partial charge in [0.2, 0.25) is 0 Å². The number of ether oxygens (including phenoxy) is 1. The van der Waals surface area contributed by atoms with Gasteiger partial charge in [-0.3, -0.25) is 4.79 Å². The largest absolute Gasteiger partial charge is 0.370 e. The van der Waals surface area contributed by atoms with E-state index in [-0.39, 0.29) is 0 Å². The SMILES string of the molecule is CC1CCC(OCC(=O)C2CCCCC2)CC1C. The highest BCUT2D eigenvalue weighted by Crippen LogP contribution is 2.31. The van der Waals surface area contributed by atoms with Gasteiger partial charge in [0.25, 0.3) is 0 Å². The zero-order chi connectivity index (χ0) is 13.0. The molecule has 2 rings (SSSR count). The summed E-state index contributed by atoms with van der Waals surface area (Å²) in [5, 5.41) is 0. The number of rotatable bonds is 4. The molecule has 2 aliphatic carbocycles. The van der Waals surface area contributed by atoms with Gasteiger partial charge in [0.15, 0.2) is 5.78 Å². The minimum absolute atomic E-state index is 0.304. The van der Waals surface area contributed by atoms with E-state index in [9.17, 15) is 4.79 Å². The Morgan fingerprint density at radius 1 is 1.00 bits per heavy atom. The van der Waals surface area contributed by atoms with Crippen LogP contribution in [-0.2, 0) is 9.53 Å². The first-order valence-corrected chi connectivity index (χ1v) is 7.81. The van der Waals surface area contributed by atoms with Gasteiger partial charge in [-0.2, -0.15) is 0 Å². The normalized spacial score (nSPS) is 34.4. The van der Waals surface area contributed by atoms with Crippen molar-refractivity contribution in [2.24, 2.45) is 17.8 Å². The lowest BCUT2D eigenvalue weighted by molar-refractivity contribution is -0.131. The first-order chi connectivity index (χ1) is 8.66. The number of carbonyl (C=O) groups excluding carboxylic acids is 1. The molecule has 0 bridgehead atoms. The molecular weight excluding hydrogens is 224 g/mol. The van der Waals surface area contributed by atoms with Crippen LogP contribution in [0.3, 0.4) is 0 Å². The Morgan fingerprint density at radius 2 is 1.72 bits per heavy atom. The van der Waals surface area contributed by atoms with Crippen molar-refractivity contribution < 1.29 is 9.53 Å². The van der Waals surface area contributed by atoms with Crippen LogP contribution >= 0.6 is 0 Å². The second-order valence-electron chi connectivity index (χ2n) is 6.50. The van der Waals surface area contributed by atoms with E-state index < -0.39 is 0 Å². The van der Waals surface area contributed by atoms with Crippen molar-refractivity contribution in [3.63, 3.8) is 0 Å². The fraction of sp³-hybridized carbons (Fsp3) is 0.938. The maximum absolute atomic E-state index is 12.1. The predicted octanol–water partition coefficient (Wildman–Crippen LogP) is 3.98. The highest BCUT2D eigenvalue weighted by Gasteiger charge is 2.27. The molecule has 0 radical (unpaired) electrons. The molecule has 2 saturated carbocycles. The third kappa shape index (κ3) is 3.81. The molecule has 0 heterocycles. The Bertz CT molecular complexity index is 268. The Kier molecular flexibility index (Phi) is 5.23. The molecule has 0 N–H and O–H groups in total. The Labute approximate surface area is 111 Å². The van der Waals surface area contributed by atoms with Gasteiger partial charge in [0, 0.05) is 5.92 Å². The van der Waals surface area contributed by atoms with Crippen LogP contribution in [0.5, 0.6) is 0 Å². The monoisotopic (exact) mass is 252 g/mol. The zero-order valence-electron chi connectivity index (χ0n) is 12.0. The van der Waals surface area contributed by atoms with Crippen molar-refractivity contribution in [3.8, 4) is 0 Å². The second-order valence-corrected chi connectivity index (χ2v) is 6.50. The van der Waals surface area contributed by atoms with E-state index in [1.807, 2.05) is 0 Å². The smallest absolute Gasteiger partial charge is 0.161 e. The summed E-state index contributed by atoms with van der Waals surface area (Å²) in [7, 11) is 0. The van der Waals surface area contributed by atoms with Crippen molar-refractivity contribution in [1.29, 1.82) is 0 Å². The van der Waals surface area contributed by atoms with E-state index in [0.29, 0.717) is 24.4 Å². The Morgan fingerprint density at radius 3 is 2.39 bits per heavy atom. The van der Waals surface area contributed by atoms with Gasteiger partial charge in [-0.05, 0) is 43.9 Å². The molecule has 0 spiro atoms. The molecule has 0 aromatic rings. The molecule has 104 valence electrons. The van der Waals surface area contributed by atoms with Crippen molar-refractivity contribution in [1.82, 2.24) is 0 Å². The van der Waals surface area contributed by atoms with Gasteiger partial charge in [-0.1, -0.05) is 33.1 Å². The van der Waals surface area contributed by atoms with Crippen LogP contribution in [0.4, 0.5) is 0 Å². The standard InChI is InChI=1S/C16H28O2/c1-12-8-9-15(10-13(12)2)18-11-16(17)14-6-4-3-5-7-14/h12-15H,3-11H2,1-2H3. The van der Waals surface area contributed by atoms with E-state index in [1.165, 1.54) is 25.7 Å². The summed E-state index contributed by atoms with van der Waals surface area (Å²) in [6.07, 6.45) is 9.83. The molecule has 3 unspecified atom stereocenters.